The van der Waals surface area contributed by atoms with Gasteiger partial charge in [-0.15, -0.1) is 12.4 Å². The smallest absolute Gasteiger partial charge is 0.224 e. The molecule has 1 aromatic carbocycles. The second kappa shape index (κ2) is 5.62. The van der Waals surface area contributed by atoms with Gasteiger partial charge in [-0.25, -0.2) is 0 Å². The Morgan fingerprint density at radius 3 is 2.81 bits per heavy atom. The van der Waals surface area contributed by atoms with Crippen molar-refractivity contribution in [3.8, 4) is 0 Å². The van der Waals surface area contributed by atoms with Crippen molar-refractivity contribution in [2.45, 2.75) is 38.1 Å². The van der Waals surface area contributed by atoms with Crippen LogP contribution in [-0.4, -0.2) is 19.0 Å². The van der Waals surface area contributed by atoms with Gasteiger partial charge in [-0.2, -0.15) is 0 Å². The molecule has 2 atom stereocenters. The molecule has 114 valence electrons. The van der Waals surface area contributed by atoms with E-state index in [-0.39, 0.29) is 24.4 Å². The van der Waals surface area contributed by atoms with Crippen molar-refractivity contribution in [1.82, 2.24) is 10.6 Å². The van der Waals surface area contributed by atoms with Gasteiger partial charge in [-0.1, -0.05) is 24.3 Å². The predicted molar refractivity (Wildman–Crippen MR) is 85.5 cm³/mol. The lowest BCUT2D eigenvalue weighted by atomic mass is 9.91. The average molecular weight is 307 g/mol. The monoisotopic (exact) mass is 306 g/mol. The minimum atomic E-state index is 0. The normalized spacial score (nSPS) is 28.6. The van der Waals surface area contributed by atoms with Crippen LogP contribution in [-0.2, 0) is 11.2 Å². The highest BCUT2D eigenvalue weighted by Crippen LogP contribution is 2.58. The largest absolute Gasteiger partial charge is 0.349 e. The number of piperidine rings is 1. The molecule has 21 heavy (non-hydrogen) atoms. The van der Waals surface area contributed by atoms with Crippen molar-refractivity contribution >= 4 is 18.3 Å². The van der Waals surface area contributed by atoms with Gasteiger partial charge < -0.3 is 10.6 Å². The van der Waals surface area contributed by atoms with E-state index < -0.39 is 0 Å². The molecule has 0 radical (unpaired) electrons. The molecule has 1 saturated heterocycles. The van der Waals surface area contributed by atoms with Crippen LogP contribution in [0.3, 0.4) is 0 Å². The van der Waals surface area contributed by atoms with Gasteiger partial charge in [0.2, 0.25) is 5.91 Å². The molecule has 1 heterocycles. The summed E-state index contributed by atoms with van der Waals surface area (Å²) in [5.41, 5.74) is 3.08. The van der Waals surface area contributed by atoms with Gasteiger partial charge in [0.1, 0.15) is 0 Å². The highest BCUT2D eigenvalue weighted by atomic mass is 35.5. The lowest BCUT2D eigenvalue weighted by Crippen LogP contribution is -2.34. The molecular formula is C17H23ClN2O. The standard InChI is InChI=1S/C17H22N2O.ClH/c20-16(14-11-17(14)7-9-18-10-8-17)19-15-6-5-12-3-1-2-4-13(12)15;/h1-4,14-15,18H,5-11H2,(H,19,20);1H. The van der Waals surface area contributed by atoms with E-state index in [1.54, 1.807) is 0 Å². The van der Waals surface area contributed by atoms with Gasteiger partial charge in [0.05, 0.1) is 6.04 Å². The zero-order valence-corrected chi connectivity index (χ0v) is 13.0. The number of carbonyl (C=O) groups is 1. The number of nitrogens with one attached hydrogen (secondary N) is 2. The topological polar surface area (TPSA) is 41.1 Å². The summed E-state index contributed by atoms with van der Waals surface area (Å²) >= 11 is 0. The Hall–Kier alpha value is -1.06. The van der Waals surface area contributed by atoms with E-state index in [1.807, 2.05) is 0 Å². The van der Waals surface area contributed by atoms with Gasteiger partial charge in [-0.05, 0) is 61.7 Å². The highest BCUT2D eigenvalue weighted by molar-refractivity contribution is 5.85. The molecule has 3 aliphatic rings. The Balaban J connectivity index is 0.00000132. The fourth-order valence-electron chi connectivity index (χ4n) is 4.18. The Kier molecular flexibility index (Phi) is 3.98. The SMILES string of the molecule is Cl.O=C(NC1CCc2ccccc21)C1CC12CCNCC2. The van der Waals surface area contributed by atoms with Crippen LogP contribution in [0.25, 0.3) is 0 Å². The predicted octanol–water partition coefficient (Wildman–Crippen LogP) is 2.60. The summed E-state index contributed by atoms with van der Waals surface area (Å²) in [4.78, 5) is 12.5. The maximum atomic E-state index is 12.5. The number of carbonyl (C=O) groups excluding carboxylic acids is 1. The fourth-order valence-corrected chi connectivity index (χ4v) is 4.18. The van der Waals surface area contributed by atoms with E-state index in [0.29, 0.717) is 11.3 Å². The first-order valence-corrected chi connectivity index (χ1v) is 7.87. The zero-order valence-electron chi connectivity index (χ0n) is 12.2. The van der Waals surface area contributed by atoms with Crippen molar-refractivity contribution in [2.75, 3.05) is 13.1 Å². The van der Waals surface area contributed by atoms with E-state index in [9.17, 15) is 4.79 Å². The van der Waals surface area contributed by atoms with E-state index in [1.165, 1.54) is 24.0 Å². The van der Waals surface area contributed by atoms with E-state index in [0.717, 1.165) is 32.4 Å². The molecule has 2 unspecified atom stereocenters. The number of hydrogen-bond donors (Lipinski definition) is 2. The van der Waals surface area contributed by atoms with Crippen molar-refractivity contribution in [1.29, 1.82) is 0 Å². The van der Waals surface area contributed by atoms with Gasteiger partial charge in [-0.3, -0.25) is 4.79 Å². The molecule has 1 saturated carbocycles. The highest BCUT2D eigenvalue weighted by Gasteiger charge is 2.57. The molecule has 1 spiro atoms. The Labute approximate surface area is 132 Å². The lowest BCUT2D eigenvalue weighted by molar-refractivity contribution is -0.124. The molecule has 0 bridgehead atoms. The van der Waals surface area contributed by atoms with Crippen molar-refractivity contribution in [2.24, 2.45) is 11.3 Å². The number of hydrogen-bond acceptors (Lipinski definition) is 2. The Bertz CT molecular complexity index is 539. The maximum absolute atomic E-state index is 12.5. The summed E-state index contributed by atoms with van der Waals surface area (Å²) in [6.45, 7) is 2.16. The minimum absolute atomic E-state index is 0. The molecule has 1 aromatic rings. The molecule has 1 amide bonds. The van der Waals surface area contributed by atoms with Crippen LogP contribution in [0.4, 0.5) is 0 Å². The summed E-state index contributed by atoms with van der Waals surface area (Å²) in [7, 11) is 0. The van der Waals surface area contributed by atoms with Crippen LogP contribution in [0.1, 0.15) is 42.9 Å². The van der Waals surface area contributed by atoms with Gasteiger partial charge >= 0.3 is 0 Å². The van der Waals surface area contributed by atoms with Gasteiger partial charge in [0.15, 0.2) is 0 Å². The number of amides is 1. The maximum Gasteiger partial charge on any atom is 0.224 e. The van der Waals surface area contributed by atoms with E-state index in [2.05, 4.69) is 34.9 Å². The third kappa shape index (κ3) is 2.58. The van der Waals surface area contributed by atoms with Crippen LogP contribution in [0.15, 0.2) is 24.3 Å². The molecule has 2 N–H and O–H groups in total. The van der Waals surface area contributed by atoms with Crippen molar-refractivity contribution in [3.05, 3.63) is 35.4 Å². The van der Waals surface area contributed by atoms with Crippen molar-refractivity contribution in [3.63, 3.8) is 0 Å². The number of benzene rings is 1. The molecule has 0 aromatic heterocycles. The third-order valence-electron chi connectivity index (χ3n) is 5.55. The molecule has 4 heteroatoms. The molecule has 2 aliphatic carbocycles. The van der Waals surface area contributed by atoms with Crippen molar-refractivity contribution < 1.29 is 4.79 Å². The molecule has 1 aliphatic heterocycles. The molecular weight excluding hydrogens is 284 g/mol. The van der Waals surface area contributed by atoms with E-state index >= 15 is 0 Å². The van der Waals surface area contributed by atoms with Crippen LogP contribution in [0.5, 0.6) is 0 Å². The summed E-state index contributed by atoms with van der Waals surface area (Å²) in [5.74, 6) is 0.575. The second-order valence-corrected chi connectivity index (χ2v) is 6.67. The summed E-state index contributed by atoms with van der Waals surface area (Å²) in [6, 6.07) is 8.77. The van der Waals surface area contributed by atoms with Gasteiger partial charge in [0.25, 0.3) is 0 Å². The first-order valence-electron chi connectivity index (χ1n) is 7.87. The van der Waals surface area contributed by atoms with Gasteiger partial charge in [0, 0.05) is 5.92 Å². The Morgan fingerprint density at radius 1 is 1.24 bits per heavy atom. The Morgan fingerprint density at radius 2 is 2.00 bits per heavy atom. The number of halogens is 1. The van der Waals surface area contributed by atoms with Crippen LogP contribution < -0.4 is 10.6 Å². The van der Waals surface area contributed by atoms with Crippen LogP contribution in [0.2, 0.25) is 0 Å². The fraction of sp³-hybridized carbons (Fsp3) is 0.588. The van der Waals surface area contributed by atoms with Crippen LogP contribution >= 0.6 is 12.4 Å². The number of rotatable bonds is 2. The number of fused-ring (bicyclic) bond motifs is 1. The molecule has 4 rings (SSSR count). The third-order valence-corrected chi connectivity index (χ3v) is 5.55. The van der Waals surface area contributed by atoms with Crippen LogP contribution in [0, 0.1) is 11.3 Å². The first-order chi connectivity index (χ1) is 9.78. The summed E-state index contributed by atoms with van der Waals surface area (Å²) in [5, 5.41) is 6.70. The average Bonchev–Trinajstić information content (AvgIpc) is 3.02. The minimum Gasteiger partial charge on any atom is -0.349 e. The summed E-state index contributed by atoms with van der Waals surface area (Å²) in [6.07, 6.45) is 5.61. The molecule has 3 nitrogen and oxygen atoms in total. The first kappa shape index (κ1) is 14.9. The summed E-state index contributed by atoms with van der Waals surface area (Å²) < 4.78 is 0. The quantitative estimate of drug-likeness (QED) is 0.882. The second-order valence-electron chi connectivity index (χ2n) is 6.67. The van der Waals surface area contributed by atoms with E-state index in [4.69, 9.17) is 0 Å². The number of aryl methyl sites for hydroxylation is 1. The molecule has 2 fully saturated rings. The lowest BCUT2D eigenvalue weighted by Gasteiger charge is -2.23. The zero-order chi connectivity index (χ0) is 13.6.